The Morgan fingerprint density at radius 1 is 0.611 bits per heavy atom. The molecule has 3 aromatic carbocycles. The Morgan fingerprint density at radius 2 is 1.11 bits per heavy atom. The number of anilines is 1. The molecular formula is C50H56Cl2N10O8S2. The van der Waals surface area contributed by atoms with E-state index in [0.717, 1.165) is 78.9 Å². The molecule has 4 saturated heterocycles. The Morgan fingerprint density at radius 3 is 1.56 bits per heavy atom. The van der Waals surface area contributed by atoms with E-state index in [1.807, 2.05) is 45.9 Å². The van der Waals surface area contributed by atoms with E-state index in [1.165, 1.54) is 21.1 Å². The molecule has 8 heterocycles. The first-order chi connectivity index (χ1) is 34.2. The number of nitrogens with zero attached hydrogens (tertiary/aromatic N) is 9. The highest BCUT2D eigenvalue weighted by Gasteiger charge is 2.39. The van der Waals surface area contributed by atoms with Crippen LogP contribution in [0.3, 0.4) is 0 Å². The number of rotatable bonds is 9. The van der Waals surface area contributed by atoms with Gasteiger partial charge in [-0.15, -0.1) is 0 Å². The van der Waals surface area contributed by atoms with Crippen LogP contribution in [-0.2, 0) is 29.6 Å². The number of imidazole rings is 2. The number of sulfonamides is 2. The van der Waals surface area contributed by atoms with Crippen molar-refractivity contribution in [3.63, 3.8) is 0 Å². The molecular weight excluding hydrogens is 1000 g/mol. The first-order valence-electron chi connectivity index (χ1n) is 24.1. The van der Waals surface area contributed by atoms with Crippen LogP contribution in [0.15, 0.2) is 63.6 Å². The van der Waals surface area contributed by atoms with E-state index in [-0.39, 0.29) is 36.0 Å². The summed E-state index contributed by atoms with van der Waals surface area (Å²) in [6.07, 6.45) is 7.39. The summed E-state index contributed by atoms with van der Waals surface area (Å²) < 4.78 is 66.5. The second-order valence-electron chi connectivity index (χ2n) is 19.3. The highest BCUT2D eigenvalue weighted by molar-refractivity contribution is 7.88. The minimum atomic E-state index is -3.27. The third-order valence-electron chi connectivity index (χ3n) is 14.6. The molecule has 11 rings (SSSR count). The summed E-state index contributed by atoms with van der Waals surface area (Å²) >= 11 is 12.5. The quantitative estimate of drug-likeness (QED) is 0.144. The summed E-state index contributed by atoms with van der Waals surface area (Å²) in [7, 11) is -6.46. The first-order valence-corrected chi connectivity index (χ1v) is 28.6. The van der Waals surface area contributed by atoms with Crippen molar-refractivity contribution < 1.29 is 35.5 Å². The minimum Gasteiger partial charge on any atom is -0.361 e. The Balaban J connectivity index is 0.000000170. The van der Waals surface area contributed by atoms with Crippen LogP contribution in [0.5, 0.6) is 0 Å². The second-order valence-corrected chi connectivity index (χ2v) is 24.1. The maximum Gasteiger partial charge on any atom is 0.227 e. The highest BCUT2D eigenvalue weighted by Crippen LogP contribution is 2.43. The predicted octanol–water partition coefficient (Wildman–Crippen LogP) is 8.94. The predicted molar refractivity (Wildman–Crippen MR) is 275 cm³/mol. The smallest absolute Gasteiger partial charge is 0.227 e. The van der Waals surface area contributed by atoms with Crippen molar-refractivity contribution in [2.45, 2.75) is 103 Å². The average Bonchev–Trinajstić information content (AvgIpc) is 4.21. The van der Waals surface area contributed by atoms with E-state index < -0.39 is 20.0 Å². The minimum absolute atomic E-state index is 0.00898. The average molecular weight is 1060 g/mol. The molecule has 18 nitrogen and oxygen atoms in total. The molecule has 380 valence electrons. The van der Waals surface area contributed by atoms with Crippen LogP contribution in [-0.4, -0.2) is 105 Å². The monoisotopic (exact) mass is 1060 g/mol. The third-order valence-corrected chi connectivity index (χ3v) is 17.9. The van der Waals surface area contributed by atoms with Gasteiger partial charge in [-0.05, 0) is 120 Å². The number of aromatic nitrogens is 6. The van der Waals surface area contributed by atoms with Crippen molar-refractivity contribution in [1.29, 1.82) is 0 Å². The van der Waals surface area contributed by atoms with Crippen molar-refractivity contribution in [2.24, 2.45) is 0 Å². The van der Waals surface area contributed by atoms with Gasteiger partial charge >= 0.3 is 0 Å². The number of carbonyl (C=O) groups is 2. The summed E-state index contributed by atoms with van der Waals surface area (Å²) in [6, 6.07) is 17.2. The summed E-state index contributed by atoms with van der Waals surface area (Å²) in [5.41, 5.74) is 9.75. The topological polar surface area (TPSA) is 212 Å². The van der Waals surface area contributed by atoms with Crippen LogP contribution in [0, 0.1) is 27.7 Å². The molecule has 2 atom stereocenters. The lowest BCUT2D eigenvalue weighted by atomic mass is 10.0. The summed E-state index contributed by atoms with van der Waals surface area (Å²) in [5, 5.41) is 12.0. The van der Waals surface area contributed by atoms with Gasteiger partial charge in [0, 0.05) is 67.9 Å². The van der Waals surface area contributed by atoms with Crippen LogP contribution in [0.4, 0.5) is 5.69 Å². The molecule has 4 aliphatic rings. The molecule has 22 heteroatoms. The molecule has 1 N–H and O–H groups in total. The highest BCUT2D eigenvalue weighted by atomic mass is 35.5. The van der Waals surface area contributed by atoms with E-state index in [2.05, 4.69) is 43.0 Å². The van der Waals surface area contributed by atoms with Crippen LogP contribution in [0.2, 0.25) is 10.0 Å². The maximum atomic E-state index is 13.2. The fourth-order valence-corrected chi connectivity index (χ4v) is 13.2. The van der Waals surface area contributed by atoms with Gasteiger partial charge in [-0.25, -0.2) is 35.4 Å². The Bertz CT molecular complexity index is 3460. The fourth-order valence-electron chi connectivity index (χ4n) is 11.1. The number of nitrogens with one attached hydrogen (secondary N) is 1. The van der Waals surface area contributed by atoms with Crippen LogP contribution in [0.25, 0.3) is 44.3 Å². The molecule has 4 aromatic heterocycles. The molecule has 72 heavy (non-hydrogen) atoms. The number of hydrogen-bond acceptors (Lipinski definition) is 12. The number of amides is 2. The maximum absolute atomic E-state index is 13.2. The molecule has 0 radical (unpaired) electrons. The van der Waals surface area contributed by atoms with E-state index in [0.29, 0.717) is 93.3 Å². The third kappa shape index (κ3) is 9.45. The fraction of sp³-hybridized carbons (Fsp3) is 0.440. The van der Waals surface area contributed by atoms with Gasteiger partial charge in [-0.3, -0.25) is 9.59 Å². The number of fused-ring (bicyclic) bond motifs is 2. The lowest BCUT2D eigenvalue weighted by Crippen LogP contribution is -2.39. The van der Waals surface area contributed by atoms with Crippen LogP contribution in [0.1, 0.15) is 110 Å². The van der Waals surface area contributed by atoms with Crippen LogP contribution >= 0.6 is 23.2 Å². The van der Waals surface area contributed by atoms with E-state index in [9.17, 15) is 26.4 Å². The van der Waals surface area contributed by atoms with E-state index in [1.54, 1.807) is 23.1 Å². The molecule has 4 aliphatic heterocycles. The van der Waals surface area contributed by atoms with Gasteiger partial charge in [-0.1, -0.05) is 45.6 Å². The number of piperidine rings is 2. The van der Waals surface area contributed by atoms with Gasteiger partial charge < -0.3 is 28.4 Å². The molecule has 4 fully saturated rings. The zero-order valence-electron chi connectivity index (χ0n) is 40.9. The van der Waals surface area contributed by atoms with Crippen molar-refractivity contribution in [1.82, 2.24) is 43.3 Å². The lowest BCUT2D eigenvalue weighted by molar-refractivity contribution is -0.119. The van der Waals surface area contributed by atoms with Crippen molar-refractivity contribution in [3.8, 4) is 22.3 Å². The molecule has 7 aromatic rings. The zero-order valence-corrected chi connectivity index (χ0v) is 44.0. The number of aryl methyl sites for hydroxylation is 4. The molecule has 0 bridgehead atoms. The standard InChI is InChI=1S/C28H29Cl2N5O4S.C22H27N5O4S/c1-16-27(17(2)39-32-16)18-4-7-24-23(14-18)31-28(35(24)19-10-12-33(13-11-19)40(3,37)38)25-8-9-26(36)34(25)20-5-6-21(29)22(30)15-20;1-13-21(14(2)31-25-13)15-4-6-19-18(12-15)24-22(17-5-7-20(28)23-17)27(19)16-8-10-26(11-9-16)32(3,29)30/h4-7,14-15,19,25H,8-13H2,1-3H3;4,6,12,16-17H,5,7-11H2,1-3H3,(H,23,28)/t25-;17-/m00/s1. The summed E-state index contributed by atoms with van der Waals surface area (Å²) in [5.74, 6) is 3.15. The van der Waals surface area contributed by atoms with Gasteiger partial charge in [0.2, 0.25) is 31.9 Å². The Hall–Kier alpha value is -5.64. The van der Waals surface area contributed by atoms with Crippen molar-refractivity contribution in [3.05, 3.63) is 99.2 Å². The normalized spacial score (nSPS) is 20.0. The number of carbonyl (C=O) groups excluding carboxylic acids is 2. The largest absolute Gasteiger partial charge is 0.361 e. The van der Waals surface area contributed by atoms with Gasteiger partial charge in [0.25, 0.3) is 0 Å². The Kier molecular flexibility index (Phi) is 13.4. The van der Waals surface area contributed by atoms with E-state index in [4.69, 9.17) is 42.2 Å². The second kappa shape index (κ2) is 19.3. The first kappa shape index (κ1) is 49.9. The molecule has 0 aliphatic carbocycles. The molecule has 0 unspecified atom stereocenters. The lowest BCUT2D eigenvalue weighted by Gasteiger charge is -2.34. The molecule has 0 spiro atoms. The number of halogens is 2. The number of hydrogen-bond donors (Lipinski definition) is 1. The van der Waals surface area contributed by atoms with Crippen molar-refractivity contribution >= 4 is 82.8 Å². The Labute approximate surface area is 427 Å². The summed E-state index contributed by atoms with van der Waals surface area (Å²) in [6.45, 7) is 9.44. The molecule has 2 amide bonds. The van der Waals surface area contributed by atoms with E-state index >= 15 is 0 Å². The van der Waals surface area contributed by atoms with Crippen LogP contribution < -0.4 is 10.2 Å². The summed E-state index contributed by atoms with van der Waals surface area (Å²) in [4.78, 5) is 37.0. The van der Waals surface area contributed by atoms with Gasteiger partial charge in [0.15, 0.2) is 0 Å². The molecule has 0 saturated carbocycles. The zero-order chi connectivity index (χ0) is 51.0. The van der Waals surface area contributed by atoms with Gasteiger partial charge in [0.1, 0.15) is 23.2 Å². The number of benzene rings is 3. The van der Waals surface area contributed by atoms with Crippen molar-refractivity contribution in [2.75, 3.05) is 43.6 Å². The SMILES string of the molecule is Cc1noc(C)c1-c1ccc2c(c1)nc([C@@H]1CCC(=O)N1)n2C1CCN(S(C)(=O)=O)CC1.Cc1noc(C)c1-c1ccc2c(c1)nc([C@@H]1CCC(=O)N1c1ccc(Cl)c(Cl)c1)n2C1CCN(S(C)(=O)=O)CC1. The van der Waals surface area contributed by atoms with Gasteiger partial charge in [-0.2, -0.15) is 0 Å². The van der Waals surface area contributed by atoms with Gasteiger partial charge in [0.05, 0.1) is 68.1 Å².